The number of hydrogen-bond donors (Lipinski definition) is 2. The number of nitrogens with zero attached hydrogens (tertiary/aromatic N) is 1. The summed E-state index contributed by atoms with van der Waals surface area (Å²) < 4.78 is 27.7. The standard InChI is InChI=1S/C19H19F2NO3/c1-2-11-3-6-18(24)15(7-11)19(25)22-10-13(23)9-17(22)14-8-12(20)4-5-16(14)21/h3-8,13,17,23-24H,2,9-10H2,1H3. The Kier molecular flexibility index (Phi) is 4.72. The van der Waals surface area contributed by atoms with Crippen molar-refractivity contribution in [1.82, 2.24) is 4.90 Å². The molecule has 1 amide bonds. The van der Waals surface area contributed by atoms with E-state index in [4.69, 9.17) is 0 Å². The van der Waals surface area contributed by atoms with Crippen molar-refractivity contribution in [2.24, 2.45) is 0 Å². The van der Waals surface area contributed by atoms with E-state index in [2.05, 4.69) is 0 Å². The van der Waals surface area contributed by atoms with Crippen LogP contribution in [0.3, 0.4) is 0 Å². The third-order valence-corrected chi connectivity index (χ3v) is 4.56. The molecule has 2 unspecified atom stereocenters. The minimum atomic E-state index is -0.840. The number of carbonyl (C=O) groups is 1. The maximum Gasteiger partial charge on any atom is 0.258 e. The van der Waals surface area contributed by atoms with E-state index in [1.165, 1.54) is 11.0 Å². The van der Waals surface area contributed by atoms with Crippen LogP contribution in [0.4, 0.5) is 8.78 Å². The second-order valence-corrected chi connectivity index (χ2v) is 6.23. The zero-order valence-electron chi connectivity index (χ0n) is 13.7. The Labute approximate surface area is 144 Å². The van der Waals surface area contributed by atoms with Crippen LogP contribution in [0.2, 0.25) is 0 Å². The molecule has 6 heteroatoms. The smallest absolute Gasteiger partial charge is 0.258 e. The van der Waals surface area contributed by atoms with E-state index in [0.717, 1.165) is 23.8 Å². The lowest BCUT2D eigenvalue weighted by molar-refractivity contribution is 0.0710. The third-order valence-electron chi connectivity index (χ3n) is 4.56. The number of aliphatic hydroxyl groups is 1. The van der Waals surface area contributed by atoms with Crippen molar-refractivity contribution >= 4 is 5.91 Å². The van der Waals surface area contributed by atoms with Gasteiger partial charge in [-0.05, 0) is 48.7 Å². The number of hydrogen-bond acceptors (Lipinski definition) is 3. The number of amides is 1. The Morgan fingerprint density at radius 3 is 2.72 bits per heavy atom. The summed E-state index contributed by atoms with van der Waals surface area (Å²) in [7, 11) is 0. The first-order valence-electron chi connectivity index (χ1n) is 8.16. The average Bonchev–Trinajstić information content (AvgIpc) is 2.98. The summed E-state index contributed by atoms with van der Waals surface area (Å²) in [5.41, 5.74) is 0.987. The van der Waals surface area contributed by atoms with E-state index in [1.54, 1.807) is 12.1 Å². The molecule has 1 aliphatic rings. The van der Waals surface area contributed by atoms with Crippen LogP contribution in [-0.2, 0) is 6.42 Å². The van der Waals surface area contributed by atoms with E-state index >= 15 is 0 Å². The van der Waals surface area contributed by atoms with E-state index in [1.807, 2.05) is 6.92 Å². The molecule has 132 valence electrons. The number of rotatable bonds is 3. The van der Waals surface area contributed by atoms with Gasteiger partial charge in [0.1, 0.15) is 17.4 Å². The number of aryl methyl sites for hydroxylation is 1. The van der Waals surface area contributed by atoms with Crippen LogP contribution in [0.5, 0.6) is 5.75 Å². The van der Waals surface area contributed by atoms with Crippen LogP contribution in [0, 0.1) is 11.6 Å². The molecule has 2 aromatic carbocycles. The lowest BCUT2D eigenvalue weighted by atomic mass is 10.0. The molecule has 2 aromatic rings. The number of β-amino-alcohol motifs (C(OH)–C–C–N with tert-alkyl or cyclic N) is 1. The van der Waals surface area contributed by atoms with Gasteiger partial charge in [-0.15, -0.1) is 0 Å². The van der Waals surface area contributed by atoms with Crippen molar-refractivity contribution in [2.45, 2.75) is 31.9 Å². The molecule has 0 saturated carbocycles. The van der Waals surface area contributed by atoms with Crippen LogP contribution < -0.4 is 0 Å². The van der Waals surface area contributed by atoms with Gasteiger partial charge in [-0.1, -0.05) is 13.0 Å². The molecule has 0 radical (unpaired) electrons. The highest BCUT2D eigenvalue weighted by atomic mass is 19.1. The quantitative estimate of drug-likeness (QED) is 0.896. The molecule has 2 atom stereocenters. The van der Waals surface area contributed by atoms with Crippen molar-refractivity contribution in [1.29, 1.82) is 0 Å². The van der Waals surface area contributed by atoms with Gasteiger partial charge in [-0.2, -0.15) is 0 Å². The van der Waals surface area contributed by atoms with Gasteiger partial charge < -0.3 is 15.1 Å². The minimum absolute atomic E-state index is 0.00472. The second-order valence-electron chi connectivity index (χ2n) is 6.23. The molecular formula is C19H19F2NO3. The summed E-state index contributed by atoms with van der Waals surface area (Å²) in [6.45, 7) is 1.92. The van der Waals surface area contributed by atoms with E-state index < -0.39 is 29.7 Å². The Morgan fingerprint density at radius 1 is 1.24 bits per heavy atom. The van der Waals surface area contributed by atoms with Gasteiger partial charge in [0.15, 0.2) is 0 Å². The summed E-state index contributed by atoms with van der Waals surface area (Å²) in [5, 5.41) is 20.0. The van der Waals surface area contributed by atoms with Crippen LogP contribution in [-0.4, -0.2) is 33.7 Å². The number of carbonyl (C=O) groups excluding carboxylic acids is 1. The molecule has 0 bridgehead atoms. The lowest BCUT2D eigenvalue weighted by Gasteiger charge is -2.25. The van der Waals surface area contributed by atoms with Gasteiger partial charge in [0, 0.05) is 12.1 Å². The Hall–Kier alpha value is -2.47. The molecule has 1 heterocycles. The fraction of sp³-hybridized carbons (Fsp3) is 0.316. The third kappa shape index (κ3) is 3.35. The average molecular weight is 347 g/mol. The normalized spacial score (nSPS) is 20.1. The van der Waals surface area contributed by atoms with Crippen molar-refractivity contribution in [3.05, 3.63) is 64.7 Å². The van der Waals surface area contributed by atoms with Crippen molar-refractivity contribution in [3.63, 3.8) is 0 Å². The molecule has 3 rings (SSSR count). The molecule has 1 aliphatic heterocycles. The number of aromatic hydroxyl groups is 1. The number of phenols is 1. The summed E-state index contributed by atoms with van der Waals surface area (Å²) in [6.07, 6.45) is -0.0426. The predicted octanol–water partition coefficient (Wildman–Crippen LogP) is 3.18. The van der Waals surface area contributed by atoms with Gasteiger partial charge in [0.25, 0.3) is 5.91 Å². The fourth-order valence-electron chi connectivity index (χ4n) is 3.23. The SMILES string of the molecule is CCc1ccc(O)c(C(=O)N2CC(O)CC2c2cc(F)ccc2F)c1. The molecule has 2 N–H and O–H groups in total. The molecule has 1 saturated heterocycles. The van der Waals surface area contributed by atoms with Gasteiger partial charge in [0.2, 0.25) is 0 Å². The number of benzene rings is 2. The monoisotopic (exact) mass is 347 g/mol. The first-order chi connectivity index (χ1) is 11.9. The van der Waals surface area contributed by atoms with Crippen LogP contribution in [0.25, 0.3) is 0 Å². The first-order valence-corrected chi connectivity index (χ1v) is 8.16. The molecule has 4 nitrogen and oxygen atoms in total. The highest BCUT2D eigenvalue weighted by Gasteiger charge is 2.38. The number of phenolic OH excluding ortho intramolecular Hbond substituents is 1. The summed E-state index contributed by atoms with van der Waals surface area (Å²) in [5.74, 6) is -1.94. The van der Waals surface area contributed by atoms with E-state index in [-0.39, 0.29) is 29.8 Å². The summed E-state index contributed by atoms with van der Waals surface area (Å²) >= 11 is 0. The zero-order valence-corrected chi connectivity index (χ0v) is 13.7. The van der Waals surface area contributed by atoms with Crippen molar-refractivity contribution < 1.29 is 23.8 Å². The Balaban J connectivity index is 1.99. The van der Waals surface area contributed by atoms with Gasteiger partial charge in [-0.25, -0.2) is 8.78 Å². The summed E-state index contributed by atoms with van der Waals surface area (Å²) in [6, 6.07) is 7.01. The highest BCUT2D eigenvalue weighted by molar-refractivity contribution is 5.97. The van der Waals surface area contributed by atoms with Crippen molar-refractivity contribution in [3.8, 4) is 5.75 Å². The van der Waals surface area contributed by atoms with Crippen LogP contribution in [0.1, 0.15) is 40.9 Å². The van der Waals surface area contributed by atoms with E-state index in [9.17, 15) is 23.8 Å². The van der Waals surface area contributed by atoms with Gasteiger partial charge >= 0.3 is 0 Å². The minimum Gasteiger partial charge on any atom is -0.507 e. The first kappa shape index (κ1) is 17.4. The van der Waals surface area contributed by atoms with Gasteiger partial charge in [-0.3, -0.25) is 4.79 Å². The topological polar surface area (TPSA) is 60.8 Å². The number of likely N-dealkylation sites (tertiary alicyclic amines) is 1. The molecular weight excluding hydrogens is 328 g/mol. The van der Waals surface area contributed by atoms with Crippen LogP contribution in [0.15, 0.2) is 36.4 Å². The Bertz CT molecular complexity index is 809. The number of halogens is 2. The number of aliphatic hydroxyl groups excluding tert-OH is 1. The Morgan fingerprint density at radius 2 is 2.00 bits per heavy atom. The molecule has 25 heavy (non-hydrogen) atoms. The molecule has 0 aromatic heterocycles. The van der Waals surface area contributed by atoms with Crippen LogP contribution >= 0.6 is 0 Å². The lowest BCUT2D eigenvalue weighted by Crippen LogP contribution is -2.32. The highest BCUT2D eigenvalue weighted by Crippen LogP contribution is 2.36. The molecule has 0 spiro atoms. The molecule has 0 aliphatic carbocycles. The maximum absolute atomic E-state index is 14.2. The second kappa shape index (κ2) is 6.80. The van der Waals surface area contributed by atoms with E-state index in [0.29, 0.717) is 6.42 Å². The largest absolute Gasteiger partial charge is 0.507 e. The predicted molar refractivity (Wildman–Crippen MR) is 88.2 cm³/mol. The molecule has 1 fully saturated rings. The zero-order chi connectivity index (χ0) is 18.1. The summed E-state index contributed by atoms with van der Waals surface area (Å²) in [4.78, 5) is 14.2. The van der Waals surface area contributed by atoms with Crippen molar-refractivity contribution in [2.75, 3.05) is 6.54 Å². The fourth-order valence-corrected chi connectivity index (χ4v) is 3.23. The van der Waals surface area contributed by atoms with Gasteiger partial charge in [0.05, 0.1) is 17.7 Å². The maximum atomic E-state index is 14.2.